The first-order valence-corrected chi connectivity index (χ1v) is 3.84. The molecule has 1 rings (SSSR count). The summed E-state index contributed by atoms with van der Waals surface area (Å²) in [5.41, 5.74) is 1.92. The van der Waals surface area contributed by atoms with Crippen molar-refractivity contribution in [3.8, 4) is 0 Å². The lowest BCUT2D eigenvalue weighted by molar-refractivity contribution is 0.0697. The third kappa shape index (κ3) is 1.97. The van der Waals surface area contributed by atoms with E-state index in [9.17, 15) is 4.79 Å². The monoisotopic (exact) mass is 180 g/mol. The van der Waals surface area contributed by atoms with E-state index < -0.39 is 5.97 Å². The Morgan fingerprint density at radius 2 is 2.15 bits per heavy atom. The number of nitrogens with zero attached hydrogens (tertiary/aromatic N) is 1. The van der Waals surface area contributed by atoms with Crippen LogP contribution in [0.2, 0.25) is 0 Å². The Kier molecular flexibility index (Phi) is 2.53. The van der Waals surface area contributed by atoms with Crippen molar-refractivity contribution in [2.75, 3.05) is 12.1 Å². The van der Waals surface area contributed by atoms with Gasteiger partial charge in [0.15, 0.2) is 0 Å². The molecule has 0 radical (unpaired) electrons. The molecular formula is C9H12N2O2. The van der Waals surface area contributed by atoms with Crippen molar-refractivity contribution in [2.45, 2.75) is 6.92 Å². The molecule has 4 nitrogen and oxygen atoms in total. The molecule has 0 heterocycles. The molecule has 4 heteroatoms. The zero-order chi connectivity index (χ0) is 10.0. The summed E-state index contributed by atoms with van der Waals surface area (Å²) in [4.78, 5) is 10.6. The van der Waals surface area contributed by atoms with E-state index in [-0.39, 0.29) is 5.56 Å². The summed E-state index contributed by atoms with van der Waals surface area (Å²) in [5.74, 6) is 4.58. The molecule has 0 unspecified atom stereocenters. The minimum absolute atomic E-state index is 0.248. The number of anilines is 1. The van der Waals surface area contributed by atoms with Crippen LogP contribution < -0.4 is 10.9 Å². The number of hydrogen-bond donors (Lipinski definition) is 2. The average Bonchev–Trinajstić information content (AvgIpc) is 2.04. The van der Waals surface area contributed by atoms with Gasteiger partial charge in [-0.05, 0) is 24.6 Å². The molecule has 0 saturated heterocycles. The van der Waals surface area contributed by atoms with Gasteiger partial charge in [-0.3, -0.25) is 0 Å². The highest BCUT2D eigenvalue weighted by atomic mass is 16.4. The van der Waals surface area contributed by atoms with Gasteiger partial charge in [0.05, 0.1) is 11.3 Å². The first-order valence-electron chi connectivity index (χ1n) is 3.84. The van der Waals surface area contributed by atoms with Crippen LogP contribution in [0.3, 0.4) is 0 Å². The van der Waals surface area contributed by atoms with E-state index in [0.29, 0.717) is 0 Å². The van der Waals surface area contributed by atoms with Gasteiger partial charge >= 0.3 is 5.97 Å². The fourth-order valence-electron chi connectivity index (χ4n) is 1.12. The highest BCUT2D eigenvalue weighted by Gasteiger charge is 2.06. The lowest BCUT2D eigenvalue weighted by Crippen LogP contribution is -2.26. The summed E-state index contributed by atoms with van der Waals surface area (Å²) in [6.07, 6.45) is 0. The molecule has 0 aliphatic rings. The Hall–Kier alpha value is -1.55. The van der Waals surface area contributed by atoms with Crippen LogP contribution in [0.25, 0.3) is 0 Å². The highest BCUT2D eigenvalue weighted by molar-refractivity contribution is 5.89. The number of carboxylic acids is 1. The van der Waals surface area contributed by atoms with E-state index in [0.717, 1.165) is 11.3 Å². The fourth-order valence-corrected chi connectivity index (χ4v) is 1.12. The molecule has 0 aromatic heterocycles. The molecule has 0 saturated carbocycles. The van der Waals surface area contributed by atoms with Gasteiger partial charge in [-0.15, -0.1) is 0 Å². The highest BCUT2D eigenvalue weighted by Crippen LogP contribution is 2.18. The largest absolute Gasteiger partial charge is 0.478 e. The molecule has 13 heavy (non-hydrogen) atoms. The quantitative estimate of drug-likeness (QED) is 0.526. The molecule has 1 aromatic carbocycles. The third-order valence-corrected chi connectivity index (χ3v) is 1.84. The van der Waals surface area contributed by atoms with E-state index in [1.165, 1.54) is 5.01 Å². The first-order chi connectivity index (χ1) is 6.02. The molecule has 3 N–H and O–H groups in total. The van der Waals surface area contributed by atoms with E-state index in [1.54, 1.807) is 25.2 Å². The predicted octanol–water partition coefficient (Wildman–Crippen LogP) is 1.00. The Balaban J connectivity index is 3.19. The lowest BCUT2D eigenvalue weighted by atomic mass is 10.1. The van der Waals surface area contributed by atoms with Gasteiger partial charge in [0, 0.05) is 7.05 Å². The van der Waals surface area contributed by atoms with Gasteiger partial charge in [0.2, 0.25) is 0 Å². The third-order valence-electron chi connectivity index (χ3n) is 1.84. The number of rotatable bonds is 2. The number of hydrazine groups is 1. The number of nitrogens with two attached hydrogens (primary N) is 1. The van der Waals surface area contributed by atoms with Crippen LogP contribution in [0.4, 0.5) is 5.69 Å². The minimum Gasteiger partial charge on any atom is -0.478 e. The van der Waals surface area contributed by atoms with Gasteiger partial charge in [-0.2, -0.15) is 0 Å². The van der Waals surface area contributed by atoms with E-state index in [2.05, 4.69) is 0 Å². The van der Waals surface area contributed by atoms with Gasteiger partial charge in [0.1, 0.15) is 0 Å². The van der Waals surface area contributed by atoms with Crippen LogP contribution in [0.5, 0.6) is 0 Å². The maximum absolute atomic E-state index is 10.6. The number of aryl methyl sites for hydroxylation is 1. The van der Waals surface area contributed by atoms with Crippen LogP contribution in [-0.4, -0.2) is 18.1 Å². The topological polar surface area (TPSA) is 66.6 Å². The van der Waals surface area contributed by atoms with Crippen molar-refractivity contribution in [1.29, 1.82) is 0 Å². The van der Waals surface area contributed by atoms with Crippen molar-refractivity contribution in [3.05, 3.63) is 29.3 Å². The molecule has 0 fully saturated rings. The van der Waals surface area contributed by atoms with Gasteiger partial charge in [0.25, 0.3) is 0 Å². The van der Waals surface area contributed by atoms with Crippen LogP contribution in [0, 0.1) is 6.92 Å². The van der Waals surface area contributed by atoms with E-state index in [1.807, 2.05) is 6.92 Å². The number of hydrogen-bond acceptors (Lipinski definition) is 3. The number of benzene rings is 1. The molecule has 0 aliphatic heterocycles. The Labute approximate surface area is 76.6 Å². The maximum Gasteiger partial charge on any atom is 0.335 e. The average molecular weight is 180 g/mol. The Morgan fingerprint density at radius 3 is 2.62 bits per heavy atom. The number of carboxylic acid groups (broad SMARTS) is 1. The molecule has 0 atom stereocenters. The Bertz CT molecular complexity index is 334. The normalized spacial score (nSPS) is 9.77. The van der Waals surface area contributed by atoms with Crippen LogP contribution in [-0.2, 0) is 0 Å². The second-order valence-electron chi connectivity index (χ2n) is 2.92. The SMILES string of the molecule is Cc1ccc(C(=O)O)cc1N(C)N. The van der Waals surface area contributed by atoms with Crippen LogP contribution in [0.1, 0.15) is 15.9 Å². The van der Waals surface area contributed by atoms with Crippen molar-refractivity contribution >= 4 is 11.7 Å². The standard InChI is InChI=1S/C9H12N2O2/c1-6-3-4-7(9(12)13)5-8(6)11(2)10/h3-5H,10H2,1-2H3,(H,12,13). The molecule has 0 bridgehead atoms. The number of aromatic carboxylic acids is 1. The summed E-state index contributed by atoms with van der Waals surface area (Å²) in [6.45, 7) is 1.88. The summed E-state index contributed by atoms with van der Waals surface area (Å²) in [5, 5.41) is 10.1. The molecular weight excluding hydrogens is 168 g/mol. The summed E-state index contributed by atoms with van der Waals surface area (Å²) < 4.78 is 0. The van der Waals surface area contributed by atoms with Crippen LogP contribution in [0.15, 0.2) is 18.2 Å². The maximum atomic E-state index is 10.6. The zero-order valence-corrected chi connectivity index (χ0v) is 7.61. The van der Waals surface area contributed by atoms with Crippen LogP contribution >= 0.6 is 0 Å². The second kappa shape index (κ2) is 3.45. The zero-order valence-electron chi connectivity index (χ0n) is 7.61. The van der Waals surface area contributed by atoms with Crippen molar-refractivity contribution in [2.24, 2.45) is 5.84 Å². The van der Waals surface area contributed by atoms with Gasteiger partial charge < -0.3 is 10.1 Å². The smallest absolute Gasteiger partial charge is 0.335 e. The predicted molar refractivity (Wildman–Crippen MR) is 50.7 cm³/mol. The molecule has 1 aromatic rings. The second-order valence-corrected chi connectivity index (χ2v) is 2.92. The van der Waals surface area contributed by atoms with Crippen molar-refractivity contribution in [3.63, 3.8) is 0 Å². The van der Waals surface area contributed by atoms with Crippen molar-refractivity contribution < 1.29 is 9.90 Å². The molecule has 0 aliphatic carbocycles. The van der Waals surface area contributed by atoms with E-state index in [4.69, 9.17) is 10.9 Å². The molecule has 0 spiro atoms. The summed E-state index contributed by atoms with van der Waals surface area (Å²) in [6, 6.07) is 4.85. The van der Waals surface area contributed by atoms with Gasteiger partial charge in [-0.1, -0.05) is 6.07 Å². The van der Waals surface area contributed by atoms with Gasteiger partial charge in [-0.25, -0.2) is 10.6 Å². The van der Waals surface area contributed by atoms with E-state index >= 15 is 0 Å². The Morgan fingerprint density at radius 1 is 1.54 bits per heavy atom. The molecule has 0 amide bonds. The summed E-state index contributed by atoms with van der Waals surface area (Å²) in [7, 11) is 1.67. The molecule has 70 valence electrons. The van der Waals surface area contributed by atoms with Crippen molar-refractivity contribution in [1.82, 2.24) is 0 Å². The summed E-state index contributed by atoms with van der Waals surface area (Å²) >= 11 is 0. The first kappa shape index (κ1) is 9.54. The fraction of sp³-hybridized carbons (Fsp3) is 0.222. The lowest BCUT2D eigenvalue weighted by Gasteiger charge is -2.15. The minimum atomic E-state index is -0.942. The number of carbonyl (C=O) groups is 1.